The van der Waals surface area contributed by atoms with Crippen LogP contribution < -0.4 is 5.32 Å². The van der Waals surface area contributed by atoms with E-state index < -0.39 is 0 Å². The number of rotatable bonds is 4. The third-order valence-corrected chi connectivity index (χ3v) is 4.07. The first-order chi connectivity index (χ1) is 9.61. The highest BCUT2D eigenvalue weighted by molar-refractivity contribution is 9.10. The van der Waals surface area contributed by atoms with Crippen LogP contribution in [0.25, 0.3) is 0 Å². The predicted molar refractivity (Wildman–Crippen MR) is 77.8 cm³/mol. The molecule has 1 heterocycles. The first-order valence-electron chi connectivity index (χ1n) is 6.67. The second-order valence-corrected chi connectivity index (χ2v) is 5.53. The molecule has 1 atom stereocenters. The predicted octanol–water partition coefficient (Wildman–Crippen LogP) is 1.93. The highest BCUT2D eigenvalue weighted by atomic mass is 79.9. The van der Waals surface area contributed by atoms with Gasteiger partial charge >= 0.3 is 5.97 Å². The van der Waals surface area contributed by atoms with Gasteiger partial charge in [-0.1, -0.05) is 15.9 Å². The molecule has 0 spiro atoms. The van der Waals surface area contributed by atoms with Gasteiger partial charge in [0.25, 0.3) is 0 Å². The summed E-state index contributed by atoms with van der Waals surface area (Å²) in [6.07, 6.45) is 0. The molecule has 0 aliphatic carbocycles. The van der Waals surface area contributed by atoms with E-state index in [2.05, 4.69) is 21.2 Å². The molecule has 0 radical (unpaired) electrons. The van der Waals surface area contributed by atoms with Crippen molar-refractivity contribution < 1.29 is 13.9 Å². The van der Waals surface area contributed by atoms with Crippen LogP contribution in [-0.4, -0.2) is 43.2 Å². The van der Waals surface area contributed by atoms with Crippen LogP contribution in [0.3, 0.4) is 0 Å². The lowest BCUT2D eigenvalue weighted by Crippen LogP contribution is -2.54. The second kappa shape index (κ2) is 7.15. The van der Waals surface area contributed by atoms with Gasteiger partial charge in [-0.25, -0.2) is 4.39 Å². The molecule has 1 N–H and O–H groups in total. The van der Waals surface area contributed by atoms with Crippen LogP contribution in [0, 0.1) is 5.82 Å². The minimum Gasteiger partial charge on any atom is -0.465 e. The summed E-state index contributed by atoms with van der Waals surface area (Å²) in [5, 5.41) is 3.19. The quantitative estimate of drug-likeness (QED) is 0.847. The van der Waals surface area contributed by atoms with E-state index in [-0.39, 0.29) is 17.8 Å². The lowest BCUT2D eigenvalue weighted by molar-refractivity contribution is -0.150. The molecule has 2 rings (SSSR count). The van der Waals surface area contributed by atoms with Gasteiger partial charge < -0.3 is 10.1 Å². The van der Waals surface area contributed by atoms with E-state index in [1.807, 2.05) is 4.90 Å². The number of esters is 1. The van der Waals surface area contributed by atoms with Crippen molar-refractivity contribution in [3.8, 4) is 0 Å². The maximum atomic E-state index is 13.3. The van der Waals surface area contributed by atoms with Crippen molar-refractivity contribution in [2.24, 2.45) is 0 Å². The van der Waals surface area contributed by atoms with Gasteiger partial charge in [-0.15, -0.1) is 0 Å². The van der Waals surface area contributed by atoms with E-state index in [4.69, 9.17) is 4.74 Å². The number of benzene rings is 1. The summed E-state index contributed by atoms with van der Waals surface area (Å²) < 4.78 is 19.3. The zero-order valence-electron chi connectivity index (χ0n) is 11.4. The second-order valence-electron chi connectivity index (χ2n) is 4.68. The Morgan fingerprint density at radius 3 is 3.15 bits per heavy atom. The van der Waals surface area contributed by atoms with E-state index in [9.17, 15) is 9.18 Å². The number of halogens is 2. The molecular weight excluding hydrogens is 327 g/mol. The molecule has 0 aromatic heterocycles. The zero-order valence-corrected chi connectivity index (χ0v) is 13.0. The van der Waals surface area contributed by atoms with E-state index in [1.165, 1.54) is 12.1 Å². The van der Waals surface area contributed by atoms with Crippen LogP contribution in [0.2, 0.25) is 0 Å². The zero-order chi connectivity index (χ0) is 14.5. The van der Waals surface area contributed by atoms with Gasteiger partial charge in [-0.3, -0.25) is 9.69 Å². The number of carbonyl (C=O) groups excluding carboxylic acids is 1. The minimum absolute atomic E-state index is 0.229. The normalized spacial score (nSPS) is 19.9. The molecule has 1 aliphatic heterocycles. The van der Waals surface area contributed by atoms with Crippen molar-refractivity contribution in [1.29, 1.82) is 0 Å². The smallest absolute Gasteiger partial charge is 0.324 e. The van der Waals surface area contributed by atoms with E-state index >= 15 is 0 Å². The summed E-state index contributed by atoms with van der Waals surface area (Å²) in [6, 6.07) is 4.27. The standard InChI is InChI=1S/C14H18BrFN2O2/c1-2-20-14(19)13-8-17-5-6-18(13)9-10-7-11(16)3-4-12(10)15/h3-4,7,13,17H,2,5-6,8-9H2,1H3. The minimum atomic E-state index is -0.320. The molecule has 0 bridgehead atoms. The van der Waals surface area contributed by atoms with Crippen molar-refractivity contribution >= 4 is 21.9 Å². The number of hydrogen-bond donors (Lipinski definition) is 1. The van der Waals surface area contributed by atoms with Gasteiger partial charge in [-0.05, 0) is 30.7 Å². The summed E-state index contributed by atoms with van der Waals surface area (Å²) in [7, 11) is 0. The van der Waals surface area contributed by atoms with Crippen LogP contribution >= 0.6 is 15.9 Å². The van der Waals surface area contributed by atoms with Gasteiger partial charge in [0.1, 0.15) is 11.9 Å². The Balaban J connectivity index is 2.12. The molecular formula is C14H18BrFN2O2. The Morgan fingerprint density at radius 2 is 2.40 bits per heavy atom. The molecule has 0 amide bonds. The largest absolute Gasteiger partial charge is 0.465 e. The van der Waals surface area contributed by atoms with Gasteiger partial charge in [0.15, 0.2) is 0 Å². The first-order valence-corrected chi connectivity index (χ1v) is 7.46. The third-order valence-electron chi connectivity index (χ3n) is 3.29. The molecule has 1 aromatic rings. The SMILES string of the molecule is CCOC(=O)C1CNCCN1Cc1cc(F)ccc1Br. The number of carbonyl (C=O) groups is 1. The molecule has 1 unspecified atom stereocenters. The van der Waals surface area contributed by atoms with Gasteiger partial charge in [0.05, 0.1) is 6.61 Å². The molecule has 1 aromatic carbocycles. The van der Waals surface area contributed by atoms with Crippen LogP contribution in [0.5, 0.6) is 0 Å². The molecule has 0 saturated carbocycles. The Morgan fingerprint density at radius 1 is 1.60 bits per heavy atom. The number of hydrogen-bond acceptors (Lipinski definition) is 4. The summed E-state index contributed by atoms with van der Waals surface area (Å²) >= 11 is 3.42. The van der Waals surface area contributed by atoms with Crippen molar-refractivity contribution in [2.75, 3.05) is 26.2 Å². The Labute approximate surface area is 126 Å². The van der Waals surface area contributed by atoms with Crippen molar-refractivity contribution in [2.45, 2.75) is 19.5 Å². The fourth-order valence-corrected chi connectivity index (χ4v) is 2.66. The Kier molecular flexibility index (Phi) is 5.51. The number of piperazine rings is 1. The van der Waals surface area contributed by atoms with E-state index in [0.717, 1.165) is 23.1 Å². The monoisotopic (exact) mass is 344 g/mol. The highest BCUT2D eigenvalue weighted by Gasteiger charge is 2.30. The van der Waals surface area contributed by atoms with Crippen LogP contribution in [0.15, 0.2) is 22.7 Å². The van der Waals surface area contributed by atoms with Crippen LogP contribution in [-0.2, 0) is 16.1 Å². The number of nitrogens with zero attached hydrogens (tertiary/aromatic N) is 1. The van der Waals surface area contributed by atoms with Crippen molar-refractivity contribution in [3.05, 3.63) is 34.1 Å². The summed E-state index contributed by atoms with van der Waals surface area (Å²) in [6.45, 7) is 4.78. The fraction of sp³-hybridized carbons (Fsp3) is 0.500. The van der Waals surface area contributed by atoms with Crippen LogP contribution in [0.4, 0.5) is 4.39 Å². The molecule has 4 nitrogen and oxygen atoms in total. The van der Waals surface area contributed by atoms with E-state index in [1.54, 1.807) is 13.0 Å². The average molecular weight is 345 g/mol. The van der Waals surface area contributed by atoms with Crippen molar-refractivity contribution in [1.82, 2.24) is 10.2 Å². The highest BCUT2D eigenvalue weighted by Crippen LogP contribution is 2.21. The van der Waals surface area contributed by atoms with Gasteiger partial charge in [0, 0.05) is 30.7 Å². The lowest BCUT2D eigenvalue weighted by Gasteiger charge is -2.34. The first kappa shape index (κ1) is 15.4. The summed E-state index contributed by atoms with van der Waals surface area (Å²) in [4.78, 5) is 14.0. The molecule has 1 aliphatic rings. The molecule has 6 heteroatoms. The maximum absolute atomic E-state index is 13.3. The summed E-state index contributed by atoms with van der Waals surface area (Å²) in [5.41, 5.74) is 0.834. The number of nitrogens with one attached hydrogen (secondary N) is 1. The topological polar surface area (TPSA) is 41.6 Å². The van der Waals surface area contributed by atoms with E-state index in [0.29, 0.717) is 19.7 Å². The van der Waals surface area contributed by atoms with Crippen molar-refractivity contribution in [3.63, 3.8) is 0 Å². The molecule has 20 heavy (non-hydrogen) atoms. The summed E-state index contributed by atoms with van der Waals surface area (Å²) in [5.74, 6) is -0.502. The maximum Gasteiger partial charge on any atom is 0.324 e. The molecule has 110 valence electrons. The van der Waals surface area contributed by atoms with Gasteiger partial charge in [0.2, 0.25) is 0 Å². The van der Waals surface area contributed by atoms with Crippen LogP contribution in [0.1, 0.15) is 12.5 Å². The molecule has 1 saturated heterocycles. The Hall–Kier alpha value is -0.980. The lowest BCUT2D eigenvalue weighted by atomic mass is 10.1. The third kappa shape index (κ3) is 3.77. The number of ether oxygens (including phenoxy) is 1. The fourth-order valence-electron chi connectivity index (χ4n) is 2.29. The Bertz CT molecular complexity index is 484. The van der Waals surface area contributed by atoms with Gasteiger partial charge in [-0.2, -0.15) is 0 Å². The molecule has 1 fully saturated rings. The average Bonchev–Trinajstić information content (AvgIpc) is 2.44.